The standard InChI is InChI=1S/C56H96N7O8P/c1-8-9-10-11-12-13-14-15-16-17-18-19-20-21-35-68-72(67,69-39-50-49(61-62-57)37-51(71-50)63-38-42(5)52(64)60-53(63)65)59-34-33-58-54(66)70-44-29-31-55(6)43(36-44)25-26-45-47-28-27-46(41(4)24-22-23-40(2)3)56(47,7)32-30-48(45)55/h25,38,40-41,44-51H,8-24,26-37,39H2,1-7H3,(H,58,66)(H,59,67)(H,60,64,65)/t41-,44+,45+,46-,47+,48+,49+,50-,51-,55+,56-,72?/m1/s1. The lowest BCUT2D eigenvalue weighted by atomic mass is 9.47. The smallest absolute Gasteiger partial charge is 0.407 e. The molecule has 15 nitrogen and oxygen atoms in total. The number of aromatic nitrogens is 2. The van der Waals surface area contributed by atoms with Crippen molar-refractivity contribution in [3.63, 3.8) is 0 Å². The van der Waals surface area contributed by atoms with Gasteiger partial charge in [0.25, 0.3) is 5.56 Å². The van der Waals surface area contributed by atoms with E-state index >= 15 is 0 Å². The molecule has 1 unspecified atom stereocenters. The van der Waals surface area contributed by atoms with Crippen molar-refractivity contribution in [2.24, 2.45) is 51.5 Å². The molecule has 5 aliphatic rings. The summed E-state index contributed by atoms with van der Waals surface area (Å²) < 4.78 is 39.7. The van der Waals surface area contributed by atoms with Gasteiger partial charge in [-0.3, -0.25) is 23.4 Å². The molecule has 1 aromatic heterocycles. The van der Waals surface area contributed by atoms with Gasteiger partial charge in [0.05, 0.1) is 25.4 Å². The Kier molecular flexibility index (Phi) is 22.9. The van der Waals surface area contributed by atoms with Gasteiger partial charge in [0.2, 0.25) is 0 Å². The molecule has 1 aliphatic heterocycles. The summed E-state index contributed by atoms with van der Waals surface area (Å²) >= 11 is 0. The number of carbonyl (C=O) groups excluding carboxylic acids is 1. The largest absolute Gasteiger partial charge is 0.446 e. The molecule has 408 valence electrons. The van der Waals surface area contributed by atoms with Gasteiger partial charge in [0.1, 0.15) is 12.3 Å². The summed E-state index contributed by atoms with van der Waals surface area (Å²) in [7, 11) is -3.96. The number of hydrogen-bond acceptors (Lipinski definition) is 9. The Labute approximate surface area is 432 Å². The first kappa shape index (κ1) is 58.3. The van der Waals surface area contributed by atoms with Gasteiger partial charge in [0.15, 0.2) is 0 Å². The zero-order valence-electron chi connectivity index (χ0n) is 45.6. The number of rotatable bonds is 31. The molecule has 72 heavy (non-hydrogen) atoms. The Balaban J connectivity index is 0.965. The monoisotopic (exact) mass is 1030 g/mol. The predicted octanol–water partition coefficient (Wildman–Crippen LogP) is 14.2. The van der Waals surface area contributed by atoms with E-state index in [9.17, 15) is 24.5 Å². The van der Waals surface area contributed by atoms with Gasteiger partial charge in [-0.1, -0.05) is 161 Å². The molecule has 0 bridgehead atoms. The summed E-state index contributed by atoms with van der Waals surface area (Å²) in [6, 6.07) is -0.741. The molecule has 16 heteroatoms. The maximum atomic E-state index is 14.3. The number of nitrogens with one attached hydrogen (secondary N) is 3. The van der Waals surface area contributed by atoms with Crippen molar-refractivity contribution >= 4 is 13.8 Å². The van der Waals surface area contributed by atoms with Crippen LogP contribution in [0, 0.1) is 53.3 Å². The maximum absolute atomic E-state index is 14.3. The first-order chi connectivity index (χ1) is 34.6. The van der Waals surface area contributed by atoms with Crippen LogP contribution >= 0.6 is 7.75 Å². The topological polar surface area (TPSA) is 199 Å². The molecule has 1 aromatic rings. The normalized spacial score (nSPS) is 30.1. The average molecular weight is 1030 g/mol. The van der Waals surface area contributed by atoms with E-state index in [1.165, 1.54) is 125 Å². The zero-order chi connectivity index (χ0) is 51.7. The van der Waals surface area contributed by atoms with Crippen LogP contribution in [-0.4, -0.2) is 60.2 Å². The quantitative estimate of drug-likeness (QED) is 0.0162. The van der Waals surface area contributed by atoms with E-state index in [2.05, 4.69) is 73.0 Å². The highest BCUT2D eigenvalue weighted by molar-refractivity contribution is 7.51. The molecule has 0 radical (unpaired) electrons. The lowest BCUT2D eigenvalue weighted by Gasteiger charge is -2.58. The molecule has 6 rings (SSSR count). The number of allylic oxidation sites excluding steroid dienone is 1. The van der Waals surface area contributed by atoms with E-state index in [1.807, 2.05) is 0 Å². The van der Waals surface area contributed by atoms with Crippen molar-refractivity contribution in [2.75, 3.05) is 26.3 Å². The van der Waals surface area contributed by atoms with Crippen LogP contribution < -0.4 is 21.7 Å². The van der Waals surface area contributed by atoms with Crippen LogP contribution in [0.25, 0.3) is 10.4 Å². The molecular weight excluding hydrogens is 930 g/mol. The average Bonchev–Trinajstić information content (AvgIpc) is 3.92. The molecule has 0 spiro atoms. The van der Waals surface area contributed by atoms with Crippen LogP contribution in [-0.2, 0) is 23.1 Å². The number of ether oxygens (including phenoxy) is 2. The SMILES string of the molecule is CCCCCCCCCCCCCCCCOP(=O)(NCCNC(=O)O[C@H]1CC[C@@]2(C)C(=CC[C@H]3[C@@H]4CC[C@H]([C@H](C)CCCC(C)C)[C@@]4(C)CC[C@@H]32)C1)OC[C@H]1O[C@@H](n2cc(C)c(=O)[nH]c2=O)C[C@@H]1N=[N+]=[N-]. The van der Waals surface area contributed by atoms with Crippen molar-refractivity contribution in [1.82, 2.24) is 20.0 Å². The van der Waals surface area contributed by atoms with Crippen LogP contribution in [0.1, 0.15) is 220 Å². The van der Waals surface area contributed by atoms with Crippen LogP contribution in [0.15, 0.2) is 32.5 Å². The second-order valence-corrected chi connectivity index (χ2v) is 25.6. The van der Waals surface area contributed by atoms with Crippen molar-refractivity contribution in [3.8, 4) is 0 Å². The zero-order valence-corrected chi connectivity index (χ0v) is 46.5. The van der Waals surface area contributed by atoms with Crippen LogP contribution in [0.2, 0.25) is 0 Å². The minimum atomic E-state index is -3.96. The number of fused-ring (bicyclic) bond motifs is 5. The van der Waals surface area contributed by atoms with Gasteiger partial charge in [-0.05, 0) is 110 Å². The van der Waals surface area contributed by atoms with E-state index in [1.54, 1.807) is 6.92 Å². The second-order valence-electron chi connectivity index (χ2n) is 23.7. The fraction of sp³-hybridized carbons (Fsp3) is 0.875. The summed E-state index contributed by atoms with van der Waals surface area (Å²) in [4.78, 5) is 43.3. The Bertz CT molecular complexity index is 2110. The molecule has 2 heterocycles. The fourth-order valence-electron chi connectivity index (χ4n) is 14.1. The van der Waals surface area contributed by atoms with E-state index in [4.69, 9.17) is 18.5 Å². The highest BCUT2D eigenvalue weighted by Crippen LogP contribution is 2.67. The van der Waals surface area contributed by atoms with Crippen LogP contribution in [0.3, 0.4) is 0 Å². The molecule has 0 aromatic carbocycles. The Morgan fingerprint density at radius 1 is 0.917 bits per heavy atom. The Morgan fingerprint density at radius 3 is 2.29 bits per heavy atom. The van der Waals surface area contributed by atoms with Crippen LogP contribution in [0.4, 0.5) is 4.79 Å². The number of hydrogen-bond donors (Lipinski definition) is 3. The Morgan fingerprint density at radius 2 is 1.61 bits per heavy atom. The lowest BCUT2D eigenvalue weighted by molar-refractivity contribution is -0.0581. The molecule has 1 amide bonds. The molecule has 3 saturated carbocycles. The number of azide groups is 1. The number of carbonyl (C=O) groups is 1. The van der Waals surface area contributed by atoms with E-state index < -0.39 is 43.5 Å². The van der Waals surface area contributed by atoms with Crippen molar-refractivity contribution in [2.45, 2.75) is 240 Å². The summed E-state index contributed by atoms with van der Waals surface area (Å²) in [5, 5.41) is 9.67. The number of nitrogens with zero attached hydrogens (tertiary/aromatic N) is 4. The summed E-state index contributed by atoms with van der Waals surface area (Å²) in [5.74, 6) is 4.65. The van der Waals surface area contributed by atoms with Crippen LogP contribution in [0.5, 0.6) is 0 Å². The van der Waals surface area contributed by atoms with Crippen molar-refractivity contribution < 1.29 is 27.9 Å². The summed E-state index contributed by atoms with van der Waals surface area (Å²) in [5.41, 5.74) is 10.6. The number of H-pyrrole nitrogens is 1. The third-order valence-electron chi connectivity index (χ3n) is 18.3. The first-order valence-corrected chi connectivity index (χ1v) is 30.4. The minimum Gasteiger partial charge on any atom is -0.446 e. The molecule has 12 atom stereocenters. The van der Waals surface area contributed by atoms with Gasteiger partial charge in [-0.2, -0.15) is 0 Å². The number of aryl methyl sites for hydroxylation is 1. The van der Waals surface area contributed by atoms with Gasteiger partial charge >= 0.3 is 19.5 Å². The molecular formula is C56H96N7O8P. The Hall–Kier alpha value is -2.93. The number of alkyl carbamates (subject to hydrolysis) is 1. The number of amides is 1. The number of unbranched alkanes of at least 4 members (excludes halogenated alkanes) is 13. The number of aromatic amines is 1. The van der Waals surface area contributed by atoms with E-state index in [0.29, 0.717) is 23.3 Å². The first-order valence-electron chi connectivity index (χ1n) is 28.9. The molecule has 4 aliphatic carbocycles. The van der Waals surface area contributed by atoms with Gasteiger partial charge in [-0.25, -0.2) is 19.2 Å². The maximum Gasteiger partial charge on any atom is 0.407 e. The fourth-order valence-corrected chi connectivity index (χ4v) is 15.5. The van der Waals surface area contributed by atoms with E-state index in [0.717, 1.165) is 74.5 Å². The molecule has 3 N–H and O–H groups in total. The summed E-state index contributed by atoms with van der Waals surface area (Å²) in [6.07, 6.45) is 31.9. The molecule has 4 fully saturated rings. The van der Waals surface area contributed by atoms with Gasteiger partial charge in [0, 0.05) is 42.6 Å². The van der Waals surface area contributed by atoms with Gasteiger partial charge < -0.3 is 14.8 Å². The van der Waals surface area contributed by atoms with E-state index in [-0.39, 0.29) is 44.2 Å². The third-order valence-corrected chi connectivity index (χ3v) is 19.9. The minimum absolute atomic E-state index is 0.0831. The summed E-state index contributed by atoms with van der Waals surface area (Å²) in [6.45, 7) is 16.4. The second kappa shape index (κ2) is 28.3. The highest BCUT2D eigenvalue weighted by atomic mass is 31.2. The predicted molar refractivity (Wildman–Crippen MR) is 287 cm³/mol. The third kappa shape index (κ3) is 15.8. The van der Waals surface area contributed by atoms with Crippen molar-refractivity contribution in [3.05, 3.63) is 54.7 Å². The lowest BCUT2D eigenvalue weighted by Crippen LogP contribution is -2.51. The van der Waals surface area contributed by atoms with Crippen molar-refractivity contribution in [1.29, 1.82) is 0 Å². The molecule has 1 saturated heterocycles. The highest BCUT2D eigenvalue weighted by Gasteiger charge is 2.59. The van der Waals surface area contributed by atoms with Gasteiger partial charge in [-0.15, -0.1) is 0 Å².